The lowest BCUT2D eigenvalue weighted by atomic mass is 9.67. The van der Waals surface area contributed by atoms with Gasteiger partial charge in [0.25, 0.3) is 0 Å². The molecule has 1 spiro atoms. The Morgan fingerprint density at radius 2 is 0.932 bits per heavy atom. The maximum atomic E-state index is 7.03. The maximum Gasteiger partial charge on any atom is 0.161 e. The van der Waals surface area contributed by atoms with Crippen molar-refractivity contribution in [2.45, 2.75) is 10.8 Å². The number of para-hydroxylation sites is 2. The number of rotatable bonds is 4. The van der Waals surface area contributed by atoms with Gasteiger partial charge in [-0.05, 0) is 120 Å². The van der Waals surface area contributed by atoms with Gasteiger partial charge in [0, 0.05) is 38.2 Å². The van der Waals surface area contributed by atoms with Crippen molar-refractivity contribution in [1.29, 1.82) is 0 Å². The van der Waals surface area contributed by atoms with E-state index >= 15 is 0 Å². The van der Waals surface area contributed by atoms with Gasteiger partial charge in [-0.25, -0.2) is 4.98 Å². The first kappa shape index (κ1) is 40.1. The smallest absolute Gasteiger partial charge is 0.161 e. The normalized spacial score (nSPS) is 14.2. The molecule has 3 heteroatoms. The second kappa shape index (κ2) is 14.5. The quantitative estimate of drug-likeness (QED) is 0.165. The van der Waals surface area contributed by atoms with Crippen molar-refractivity contribution < 1.29 is 4.42 Å². The molecule has 0 radical (unpaired) electrons. The Morgan fingerprint density at radius 1 is 0.365 bits per heavy atom. The van der Waals surface area contributed by atoms with Crippen LogP contribution < -0.4 is 0 Å². The summed E-state index contributed by atoms with van der Waals surface area (Å²) < 4.78 is 9.48. The fraction of sp³-hybridized carbons (Fsp3) is 0.0282. The van der Waals surface area contributed by atoms with Crippen molar-refractivity contribution >= 4 is 54.6 Å². The molecule has 3 aromatic heterocycles. The first-order valence-electron chi connectivity index (χ1n) is 25.7. The van der Waals surface area contributed by atoms with Crippen LogP contribution in [0.15, 0.2) is 259 Å². The van der Waals surface area contributed by atoms with Crippen LogP contribution in [-0.4, -0.2) is 9.55 Å². The first-order chi connectivity index (χ1) is 36.7. The zero-order valence-corrected chi connectivity index (χ0v) is 40.1. The van der Waals surface area contributed by atoms with Crippen LogP contribution in [0.3, 0.4) is 0 Å². The van der Waals surface area contributed by atoms with Crippen LogP contribution in [0.25, 0.3) is 105 Å². The van der Waals surface area contributed by atoms with Crippen molar-refractivity contribution in [2.24, 2.45) is 0 Å². The van der Waals surface area contributed by atoms with Crippen LogP contribution in [0, 0.1) is 0 Å². The number of fused-ring (bicyclic) bond motifs is 22. The number of hydrogen-bond acceptors (Lipinski definition) is 2. The van der Waals surface area contributed by atoms with Crippen molar-refractivity contribution in [3.8, 4) is 50.3 Å². The van der Waals surface area contributed by atoms with Crippen LogP contribution in [0.1, 0.15) is 44.5 Å². The minimum atomic E-state index is -0.545. The highest BCUT2D eigenvalue weighted by atomic mass is 16.3. The Morgan fingerprint density at radius 3 is 1.64 bits per heavy atom. The molecular weight excluding hydrogens is 897 g/mol. The van der Waals surface area contributed by atoms with Crippen LogP contribution in [0.2, 0.25) is 0 Å². The summed E-state index contributed by atoms with van der Waals surface area (Å²) in [7, 11) is 0. The Kier molecular flexibility index (Phi) is 7.87. The number of nitrogens with zero attached hydrogens (tertiary/aromatic N) is 2. The van der Waals surface area contributed by atoms with Crippen LogP contribution >= 0.6 is 0 Å². The molecule has 3 aliphatic rings. The van der Waals surface area contributed by atoms with E-state index in [1.54, 1.807) is 0 Å². The fourth-order valence-electron chi connectivity index (χ4n) is 14.3. The highest BCUT2D eigenvalue weighted by molar-refractivity contribution is 6.21. The van der Waals surface area contributed by atoms with E-state index in [1.165, 1.54) is 83.3 Å². The average Bonchev–Trinajstić information content (AvgIpc) is 4.37. The fourth-order valence-corrected chi connectivity index (χ4v) is 14.3. The van der Waals surface area contributed by atoms with Gasteiger partial charge in [-0.1, -0.05) is 212 Å². The van der Waals surface area contributed by atoms with E-state index < -0.39 is 10.8 Å². The molecule has 11 aromatic carbocycles. The van der Waals surface area contributed by atoms with Crippen LogP contribution in [0.4, 0.5) is 0 Å². The number of furan rings is 1. The van der Waals surface area contributed by atoms with Crippen LogP contribution in [-0.2, 0) is 10.8 Å². The van der Waals surface area contributed by atoms with E-state index in [1.807, 2.05) is 0 Å². The Balaban J connectivity index is 0.938. The minimum absolute atomic E-state index is 0.450. The van der Waals surface area contributed by atoms with Gasteiger partial charge in [-0.3, -0.25) is 0 Å². The summed E-state index contributed by atoms with van der Waals surface area (Å²) >= 11 is 0. The van der Waals surface area contributed by atoms with Gasteiger partial charge in [0.2, 0.25) is 0 Å². The summed E-state index contributed by atoms with van der Waals surface area (Å²) in [6.45, 7) is 0. The van der Waals surface area contributed by atoms with Gasteiger partial charge in [0.15, 0.2) is 5.58 Å². The zero-order valence-electron chi connectivity index (χ0n) is 40.1. The van der Waals surface area contributed by atoms with E-state index in [0.29, 0.717) is 0 Å². The zero-order chi connectivity index (χ0) is 48.3. The highest BCUT2D eigenvalue weighted by Gasteiger charge is 2.52. The molecule has 342 valence electrons. The molecule has 0 aliphatic heterocycles. The van der Waals surface area contributed by atoms with E-state index in [0.717, 1.165) is 66.2 Å². The SMILES string of the molecule is c1ccc(C2(c3ccccc3)c3ccccc3-c3cc4c(cc32)c2oc3ccccc3c2n4-c2cccc(-c3nc4ccccc4c4c5c(ccc34)C3(c4ccccc4-c4ccccc43)c3ccccc3-5)c2)cc1. The standard InChI is InChI=1S/C71H42N2O/c1-3-21-44(22-4-1)70(45-23-5-2-6-24-45)56-32-13-9-28-49(56)54-42-63-55(41-61(54)70)69-68(52-31-12-18-37-64(52)74-69)73(63)46-25-19-20-43(40-46)67-53-38-39-60-66(65(53)51-30-11-17-36-62(51)72-67)50-29-10-16-35-59(50)71(60)57-33-14-7-26-47(57)48-27-8-15-34-58(48)71/h1-42H. The van der Waals surface area contributed by atoms with Gasteiger partial charge >= 0.3 is 0 Å². The summed E-state index contributed by atoms with van der Waals surface area (Å²) in [5, 5.41) is 5.69. The molecule has 0 bridgehead atoms. The molecule has 0 saturated heterocycles. The molecule has 3 nitrogen and oxygen atoms in total. The molecule has 0 amide bonds. The van der Waals surface area contributed by atoms with E-state index in [4.69, 9.17) is 9.40 Å². The van der Waals surface area contributed by atoms with Crippen molar-refractivity contribution in [1.82, 2.24) is 9.55 Å². The van der Waals surface area contributed by atoms with Crippen molar-refractivity contribution in [2.75, 3.05) is 0 Å². The molecule has 3 heterocycles. The molecule has 0 saturated carbocycles. The van der Waals surface area contributed by atoms with Gasteiger partial charge in [-0.15, -0.1) is 0 Å². The second-order valence-electron chi connectivity index (χ2n) is 20.4. The summed E-state index contributed by atoms with van der Waals surface area (Å²) in [6.07, 6.45) is 0. The number of benzene rings is 11. The van der Waals surface area contributed by atoms with E-state index in [9.17, 15) is 0 Å². The summed E-state index contributed by atoms with van der Waals surface area (Å²) in [4.78, 5) is 5.62. The Hall–Kier alpha value is -9.57. The summed E-state index contributed by atoms with van der Waals surface area (Å²) in [5.74, 6) is 0. The number of aromatic nitrogens is 2. The van der Waals surface area contributed by atoms with Gasteiger partial charge in [0.05, 0.1) is 27.6 Å². The lowest BCUT2D eigenvalue weighted by Crippen LogP contribution is -2.28. The maximum absolute atomic E-state index is 7.03. The third kappa shape index (κ3) is 4.89. The molecule has 0 unspecified atom stereocenters. The highest BCUT2D eigenvalue weighted by Crippen LogP contribution is 2.64. The molecular formula is C71H42N2O. The average molecular weight is 939 g/mol. The molecule has 0 atom stereocenters. The molecule has 14 aromatic rings. The largest absolute Gasteiger partial charge is 0.454 e. The number of hydrogen-bond donors (Lipinski definition) is 0. The molecule has 0 N–H and O–H groups in total. The van der Waals surface area contributed by atoms with E-state index in [-0.39, 0.29) is 0 Å². The molecule has 0 fully saturated rings. The first-order valence-corrected chi connectivity index (χ1v) is 25.7. The predicted molar refractivity (Wildman–Crippen MR) is 302 cm³/mol. The third-order valence-electron chi connectivity index (χ3n) is 17.1. The molecule has 74 heavy (non-hydrogen) atoms. The van der Waals surface area contributed by atoms with Crippen molar-refractivity contribution in [3.63, 3.8) is 0 Å². The monoisotopic (exact) mass is 938 g/mol. The Bertz CT molecular complexity index is 4640. The topological polar surface area (TPSA) is 31.0 Å². The minimum Gasteiger partial charge on any atom is -0.454 e. The van der Waals surface area contributed by atoms with Crippen molar-refractivity contribution in [3.05, 3.63) is 299 Å². The third-order valence-corrected chi connectivity index (χ3v) is 17.1. The van der Waals surface area contributed by atoms with Gasteiger partial charge in [0.1, 0.15) is 11.1 Å². The Labute approximate surface area is 426 Å². The lowest BCUT2D eigenvalue weighted by molar-refractivity contribution is 0.672. The van der Waals surface area contributed by atoms with Gasteiger partial charge < -0.3 is 8.98 Å². The number of pyridine rings is 1. The predicted octanol–water partition coefficient (Wildman–Crippen LogP) is 17.6. The summed E-state index contributed by atoms with van der Waals surface area (Å²) in [5.41, 5.74) is 25.0. The van der Waals surface area contributed by atoms with Gasteiger partial charge in [-0.2, -0.15) is 0 Å². The van der Waals surface area contributed by atoms with E-state index in [2.05, 4.69) is 259 Å². The lowest BCUT2D eigenvalue weighted by Gasteiger charge is -2.33. The molecule has 3 aliphatic carbocycles. The van der Waals surface area contributed by atoms with Crippen LogP contribution in [0.5, 0.6) is 0 Å². The summed E-state index contributed by atoms with van der Waals surface area (Å²) in [6, 6.07) is 94.3. The molecule has 17 rings (SSSR count). The second-order valence-corrected chi connectivity index (χ2v) is 20.4.